The van der Waals surface area contributed by atoms with Crippen LogP contribution in [0, 0.1) is 0 Å². The lowest BCUT2D eigenvalue weighted by Gasteiger charge is -2.07. The van der Waals surface area contributed by atoms with Crippen LogP contribution in [0.1, 0.15) is 36.4 Å². The monoisotopic (exact) mass is 307 g/mol. The van der Waals surface area contributed by atoms with Gasteiger partial charge in [0, 0.05) is 19.3 Å². The molecule has 0 radical (unpaired) electrons. The van der Waals surface area contributed by atoms with Gasteiger partial charge in [-0.05, 0) is 38.8 Å². The van der Waals surface area contributed by atoms with Gasteiger partial charge in [-0.3, -0.25) is 9.78 Å². The third-order valence-corrected chi connectivity index (χ3v) is 4.16. The fourth-order valence-electron chi connectivity index (χ4n) is 1.94. The summed E-state index contributed by atoms with van der Waals surface area (Å²) in [6, 6.07) is 3.76. The van der Waals surface area contributed by atoms with E-state index in [9.17, 15) is 4.79 Å². The Morgan fingerprint density at radius 3 is 3.00 bits per heavy atom. The van der Waals surface area contributed by atoms with Crippen molar-refractivity contribution in [2.24, 2.45) is 0 Å². The Labute approximate surface area is 128 Å². The molecule has 0 saturated heterocycles. The maximum Gasteiger partial charge on any atom is 0.263 e. The summed E-state index contributed by atoms with van der Waals surface area (Å²) in [6.07, 6.45) is 3.76. The van der Waals surface area contributed by atoms with Gasteiger partial charge in [0.1, 0.15) is 10.4 Å². The Bertz CT molecular complexity index is 610. The summed E-state index contributed by atoms with van der Waals surface area (Å²) in [7, 11) is 0. The smallest absolute Gasteiger partial charge is 0.263 e. The first-order chi connectivity index (χ1) is 10.1. The number of thiophene rings is 1. The van der Waals surface area contributed by atoms with Gasteiger partial charge in [0.25, 0.3) is 5.91 Å². The van der Waals surface area contributed by atoms with Crippen LogP contribution in [-0.2, 0) is 4.74 Å². The summed E-state index contributed by atoms with van der Waals surface area (Å²) >= 11 is 1.38. The summed E-state index contributed by atoms with van der Waals surface area (Å²) in [4.78, 5) is 16.9. The van der Waals surface area contributed by atoms with Crippen LogP contribution in [0.2, 0.25) is 0 Å². The minimum atomic E-state index is -0.125. The van der Waals surface area contributed by atoms with Gasteiger partial charge in [0.15, 0.2) is 0 Å². The highest BCUT2D eigenvalue weighted by Crippen LogP contribution is 2.31. The number of hydrogen-bond acceptors (Lipinski definition) is 5. The summed E-state index contributed by atoms with van der Waals surface area (Å²) in [5.41, 5.74) is 7.17. The van der Waals surface area contributed by atoms with Crippen molar-refractivity contribution in [2.75, 3.05) is 18.9 Å². The van der Waals surface area contributed by atoms with Gasteiger partial charge < -0.3 is 15.8 Å². The molecule has 0 bridgehead atoms. The van der Waals surface area contributed by atoms with E-state index in [2.05, 4.69) is 10.3 Å². The van der Waals surface area contributed by atoms with Crippen molar-refractivity contribution in [3.05, 3.63) is 23.2 Å². The molecule has 0 spiro atoms. The first-order valence-corrected chi connectivity index (χ1v) is 7.94. The lowest BCUT2D eigenvalue weighted by molar-refractivity contribution is 0.0754. The fraction of sp³-hybridized carbons (Fsp3) is 0.467. The summed E-state index contributed by atoms with van der Waals surface area (Å²) in [6.45, 7) is 5.38. The molecule has 1 amide bonds. The van der Waals surface area contributed by atoms with Crippen molar-refractivity contribution in [1.82, 2.24) is 10.3 Å². The predicted molar refractivity (Wildman–Crippen MR) is 86.7 cm³/mol. The number of carbonyl (C=O) groups is 1. The highest BCUT2D eigenvalue weighted by Gasteiger charge is 2.16. The van der Waals surface area contributed by atoms with Crippen molar-refractivity contribution in [2.45, 2.75) is 32.8 Å². The Kier molecular flexibility index (Phi) is 5.52. The van der Waals surface area contributed by atoms with Crippen LogP contribution in [0.25, 0.3) is 10.2 Å². The molecular weight excluding hydrogens is 286 g/mol. The maximum absolute atomic E-state index is 12.1. The lowest BCUT2D eigenvalue weighted by Crippen LogP contribution is -2.24. The van der Waals surface area contributed by atoms with Crippen LogP contribution in [-0.4, -0.2) is 30.1 Å². The second kappa shape index (κ2) is 7.38. The van der Waals surface area contributed by atoms with Crippen LogP contribution in [0.4, 0.5) is 5.69 Å². The summed E-state index contributed by atoms with van der Waals surface area (Å²) in [5, 5.41) is 2.90. The SMILES string of the molecule is CC(C)OCCCCNC(=O)c1sc2cccnc2c1N. The van der Waals surface area contributed by atoms with Crippen molar-refractivity contribution in [3.63, 3.8) is 0 Å². The molecule has 114 valence electrons. The van der Waals surface area contributed by atoms with E-state index in [4.69, 9.17) is 10.5 Å². The van der Waals surface area contributed by atoms with Crippen LogP contribution < -0.4 is 11.1 Å². The fourth-order valence-corrected chi connectivity index (χ4v) is 2.94. The number of carbonyl (C=O) groups excluding carboxylic acids is 1. The molecule has 0 saturated carbocycles. The number of amides is 1. The summed E-state index contributed by atoms with van der Waals surface area (Å²) in [5.74, 6) is -0.125. The number of aromatic nitrogens is 1. The number of ether oxygens (including phenoxy) is 1. The largest absolute Gasteiger partial charge is 0.396 e. The van der Waals surface area contributed by atoms with Crippen molar-refractivity contribution < 1.29 is 9.53 Å². The quantitative estimate of drug-likeness (QED) is 0.771. The van der Waals surface area contributed by atoms with E-state index in [-0.39, 0.29) is 12.0 Å². The zero-order valence-corrected chi connectivity index (χ0v) is 13.2. The molecule has 5 nitrogen and oxygen atoms in total. The van der Waals surface area contributed by atoms with Gasteiger partial charge in [-0.2, -0.15) is 0 Å². The number of nitrogens with two attached hydrogens (primary N) is 1. The van der Waals surface area contributed by atoms with E-state index in [1.807, 2.05) is 26.0 Å². The highest BCUT2D eigenvalue weighted by molar-refractivity contribution is 7.21. The number of nitrogens with one attached hydrogen (secondary N) is 1. The highest BCUT2D eigenvalue weighted by atomic mass is 32.1. The number of nitrogens with zero attached hydrogens (tertiary/aromatic N) is 1. The molecule has 6 heteroatoms. The molecule has 2 aromatic rings. The van der Waals surface area contributed by atoms with Gasteiger partial charge in [-0.1, -0.05) is 0 Å². The van der Waals surface area contributed by atoms with Gasteiger partial charge in [-0.15, -0.1) is 11.3 Å². The van der Waals surface area contributed by atoms with E-state index in [0.29, 0.717) is 22.6 Å². The number of rotatable bonds is 7. The molecule has 0 aliphatic carbocycles. The molecule has 2 heterocycles. The number of pyridine rings is 1. The van der Waals surface area contributed by atoms with Crippen LogP contribution in [0.3, 0.4) is 0 Å². The molecule has 0 aromatic carbocycles. The predicted octanol–water partition coefficient (Wildman–Crippen LogP) is 2.81. The molecular formula is C15H21N3O2S. The molecule has 0 unspecified atom stereocenters. The van der Waals surface area contributed by atoms with E-state index in [1.165, 1.54) is 11.3 Å². The average Bonchev–Trinajstić information content (AvgIpc) is 2.80. The molecule has 21 heavy (non-hydrogen) atoms. The minimum absolute atomic E-state index is 0.125. The normalized spacial score (nSPS) is 11.2. The summed E-state index contributed by atoms with van der Waals surface area (Å²) < 4.78 is 6.39. The number of hydrogen-bond donors (Lipinski definition) is 2. The van der Waals surface area contributed by atoms with E-state index in [0.717, 1.165) is 24.1 Å². The first-order valence-electron chi connectivity index (χ1n) is 7.12. The van der Waals surface area contributed by atoms with Gasteiger partial charge >= 0.3 is 0 Å². The molecule has 0 atom stereocenters. The molecule has 0 aliphatic rings. The Balaban J connectivity index is 1.84. The minimum Gasteiger partial charge on any atom is -0.396 e. The number of anilines is 1. The number of fused-ring (bicyclic) bond motifs is 1. The molecule has 0 fully saturated rings. The zero-order chi connectivity index (χ0) is 15.2. The molecule has 2 rings (SSSR count). The van der Waals surface area contributed by atoms with E-state index < -0.39 is 0 Å². The Morgan fingerprint density at radius 2 is 2.29 bits per heavy atom. The second-order valence-corrected chi connectivity index (χ2v) is 6.13. The average molecular weight is 307 g/mol. The van der Waals surface area contributed by atoms with Crippen LogP contribution in [0.5, 0.6) is 0 Å². The zero-order valence-electron chi connectivity index (χ0n) is 12.4. The topological polar surface area (TPSA) is 77.2 Å². The van der Waals surface area contributed by atoms with Crippen molar-refractivity contribution in [1.29, 1.82) is 0 Å². The first kappa shape index (κ1) is 15.7. The standard InChI is InChI=1S/C15H21N3O2S/c1-10(2)20-9-4-3-7-18-15(19)14-12(16)13-11(21-14)6-5-8-17-13/h5-6,8,10H,3-4,7,9,16H2,1-2H3,(H,18,19). The van der Waals surface area contributed by atoms with Crippen molar-refractivity contribution >= 4 is 33.1 Å². The third kappa shape index (κ3) is 4.15. The van der Waals surface area contributed by atoms with E-state index >= 15 is 0 Å². The van der Waals surface area contributed by atoms with Gasteiger partial charge in [0.05, 0.1) is 16.5 Å². The van der Waals surface area contributed by atoms with Crippen LogP contribution in [0.15, 0.2) is 18.3 Å². The second-order valence-electron chi connectivity index (χ2n) is 5.08. The maximum atomic E-state index is 12.1. The van der Waals surface area contributed by atoms with Gasteiger partial charge in [-0.25, -0.2) is 0 Å². The van der Waals surface area contributed by atoms with Crippen LogP contribution >= 0.6 is 11.3 Å². The van der Waals surface area contributed by atoms with Crippen molar-refractivity contribution in [3.8, 4) is 0 Å². The Hall–Kier alpha value is -1.66. The number of unbranched alkanes of at least 4 members (excludes halogenated alkanes) is 1. The van der Waals surface area contributed by atoms with E-state index in [1.54, 1.807) is 6.20 Å². The Morgan fingerprint density at radius 1 is 1.48 bits per heavy atom. The molecule has 3 N–H and O–H groups in total. The molecule has 2 aromatic heterocycles. The third-order valence-electron chi connectivity index (χ3n) is 3.00. The lowest BCUT2D eigenvalue weighted by atomic mass is 10.3. The number of nitrogen functional groups attached to an aromatic ring is 1. The van der Waals surface area contributed by atoms with Gasteiger partial charge in [0.2, 0.25) is 0 Å². The molecule has 0 aliphatic heterocycles.